The smallest absolute Gasteiger partial charge is 0.260 e. The number of aryl methyl sites for hydroxylation is 1. The van der Waals surface area contributed by atoms with Gasteiger partial charge in [0.15, 0.2) is 5.03 Å². The van der Waals surface area contributed by atoms with Crippen LogP contribution in [0.3, 0.4) is 0 Å². The second-order valence-electron chi connectivity index (χ2n) is 4.13. The van der Waals surface area contributed by atoms with Crippen molar-refractivity contribution >= 4 is 10.0 Å². The third-order valence-electron chi connectivity index (χ3n) is 2.68. The lowest BCUT2D eigenvalue weighted by molar-refractivity contribution is 0.110. The Morgan fingerprint density at radius 2 is 1.75 bits per heavy atom. The van der Waals surface area contributed by atoms with Crippen molar-refractivity contribution < 1.29 is 17.9 Å². The van der Waals surface area contributed by atoms with Crippen LogP contribution >= 0.6 is 0 Å². The molecule has 0 saturated heterocycles. The number of nitrogens with zero attached hydrogens (tertiary/aromatic N) is 2. The third-order valence-corrected chi connectivity index (χ3v) is 4.48. The van der Waals surface area contributed by atoms with Crippen molar-refractivity contribution in [2.75, 3.05) is 39.5 Å². The maximum atomic E-state index is 12.5. The summed E-state index contributed by atoms with van der Waals surface area (Å²) in [4.78, 5) is 6.69. The molecule has 1 aromatic heterocycles. The van der Waals surface area contributed by atoms with Gasteiger partial charge in [0.25, 0.3) is 10.0 Å². The van der Waals surface area contributed by atoms with Gasteiger partial charge < -0.3 is 14.5 Å². The summed E-state index contributed by atoms with van der Waals surface area (Å²) in [5, 5.41) is 0.1000. The molecule has 1 N–H and O–H groups in total. The Bertz CT molecular complexity index is 477. The molecule has 0 bridgehead atoms. The van der Waals surface area contributed by atoms with Crippen molar-refractivity contribution in [2.45, 2.75) is 25.8 Å². The highest BCUT2D eigenvalue weighted by molar-refractivity contribution is 7.89. The van der Waals surface area contributed by atoms with Crippen LogP contribution in [0.5, 0.6) is 0 Å². The molecule has 0 atom stereocenters. The summed E-state index contributed by atoms with van der Waals surface area (Å²) in [6.45, 7) is 7.87. The molecule has 0 aromatic carbocycles. The number of H-pyrrole nitrogens is 1. The molecule has 0 spiro atoms. The van der Waals surface area contributed by atoms with Crippen molar-refractivity contribution in [1.29, 1.82) is 0 Å². The van der Waals surface area contributed by atoms with E-state index < -0.39 is 10.0 Å². The van der Waals surface area contributed by atoms with Gasteiger partial charge in [0.2, 0.25) is 0 Å². The number of nitrogens with one attached hydrogen (secondary N) is 1. The SMILES string of the molecule is CCOCCN(CCOCC)S(=O)(=O)c1cnc(C)[nH]1. The fourth-order valence-electron chi connectivity index (χ4n) is 1.64. The van der Waals surface area contributed by atoms with E-state index in [9.17, 15) is 8.42 Å². The number of sulfonamides is 1. The first-order valence-corrected chi connectivity index (χ1v) is 8.13. The molecule has 0 unspecified atom stereocenters. The number of ether oxygens (including phenoxy) is 2. The van der Waals surface area contributed by atoms with Crippen LogP contribution in [-0.2, 0) is 19.5 Å². The summed E-state index contributed by atoms with van der Waals surface area (Å²) < 4.78 is 36.8. The van der Waals surface area contributed by atoms with Crippen molar-refractivity contribution in [1.82, 2.24) is 14.3 Å². The van der Waals surface area contributed by atoms with Gasteiger partial charge in [0.05, 0.1) is 19.4 Å². The molecule has 0 fully saturated rings. The van der Waals surface area contributed by atoms with E-state index in [1.165, 1.54) is 10.5 Å². The minimum Gasteiger partial charge on any atom is -0.380 e. The molecule has 7 nitrogen and oxygen atoms in total. The van der Waals surface area contributed by atoms with Gasteiger partial charge >= 0.3 is 0 Å². The molecule has 0 radical (unpaired) electrons. The van der Waals surface area contributed by atoms with E-state index in [0.29, 0.717) is 45.3 Å². The Kier molecular flexibility index (Phi) is 7.14. The Morgan fingerprint density at radius 3 is 2.15 bits per heavy atom. The summed E-state index contributed by atoms with van der Waals surface area (Å²) in [7, 11) is -3.59. The summed E-state index contributed by atoms with van der Waals surface area (Å²) in [5.74, 6) is 0.568. The summed E-state index contributed by atoms with van der Waals surface area (Å²) >= 11 is 0. The number of imidazole rings is 1. The van der Waals surface area contributed by atoms with Gasteiger partial charge in [-0.1, -0.05) is 0 Å². The van der Waals surface area contributed by atoms with E-state index in [-0.39, 0.29) is 5.03 Å². The fraction of sp³-hybridized carbons (Fsp3) is 0.750. The maximum absolute atomic E-state index is 12.5. The van der Waals surface area contributed by atoms with Crippen LogP contribution in [0, 0.1) is 6.92 Å². The van der Waals surface area contributed by atoms with Gasteiger partial charge in [-0.05, 0) is 20.8 Å². The van der Waals surface area contributed by atoms with Crippen molar-refractivity contribution in [3.05, 3.63) is 12.0 Å². The molecule has 0 aliphatic rings. The molecule has 0 saturated carbocycles. The second kappa shape index (κ2) is 8.35. The first kappa shape index (κ1) is 17.1. The number of rotatable bonds is 10. The number of hydrogen-bond acceptors (Lipinski definition) is 5. The standard InChI is InChI=1S/C12H23N3O4S/c1-4-18-8-6-15(7-9-19-5-2)20(16,17)12-10-13-11(3)14-12/h10H,4-9H2,1-3H3,(H,13,14). The highest BCUT2D eigenvalue weighted by Crippen LogP contribution is 2.13. The topological polar surface area (TPSA) is 84.5 Å². The van der Waals surface area contributed by atoms with E-state index in [4.69, 9.17) is 9.47 Å². The van der Waals surface area contributed by atoms with Crippen LogP contribution in [0.25, 0.3) is 0 Å². The minimum atomic E-state index is -3.59. The predicted molar refractivity (Wildman–Crippen MR) is 75.1 cm³/mol. The Hall–Kier alpha value is -0.960. The minimum absolute atomic E-state index is 0.1000. The Labute approximate surface area is 120 Å². The van der Waals surface area contributed by atoms with Crippen LogP contribution in [0.4, 0.5) is 0 Å². The van der Waals surface area contributed by atoms with E-state index in [1.54, 1.807) is 6.92 Å². The molecule has 0 aliphatic carbocycles. The molecule has 0 amide bonds. The molecule has 116 valence electrons. The van der Waals surface area contributed by atoms with Gasteiger partial charge in [0, 0.05) is 26.3 Å². The molecule has 1 heterocycles. The van der Waals surface area contributed by atoms with Crippen LogP contribution in [0.15, 0.2) is 11.2 Å². The average molecular weight is 305 g/mol. The Morgan fingerprint density at radius 1 is 1.20 bits per heavy atom. The van der Waals surface area contributed by atoms with E-state index >= 15 is 0 Å². The fourth-order valence-corrected chi connectivity index (χ4v) is 3.01. The molecule has 20 heavy (non-hydrogen) atoms. The summed E-state index contributed by atoms with van der Waals surface area (Å²) in [5.41, 5.74) is 0. The van der Waals surface area contributed by atoms with Crippen molar-refractivity contribution in [3.8, 4) is 0 Å². The van der Waals surface area contributed by atoms with Crippen LogP contribution in [-0.4, -0.2) is 62.2 Å². The van der Waals surface area contributed by atoms with E-state index in [0.717, 1.165) is 0 Å². The molecule has 1 aromatic rings. The quantitative estimate of drug-likeness (QED) is 0.646. The first-order chi connectivity index (χ1) is 9.52. The van der Waals surface area contributed by atoms with E-state index in [2.05, 4.69) is 9.97 Å². The first-order valence-electron chi connectivity index (χ1n) is 6.69. The average Bonchev–Trinajstić information content (AvgIpc) is 2.84. The molecule has 8 heteroatoms. The molecular weight excluding hydrogens is 282 g/mol. The lowest BCUT2D eigenvalue weighted by Gasteiger charge is -2.21. The third kappa shape index (κ3) is 4.86. The highest BCUT2D eigenvalue weighted by Gasteiger charge is 2.25. The zero-order valence-corrected chi connectivity index (χ0v) is 13.1. The monoisotopic (exact) mass is 305 g/mol. The van der Waals surface area contributed by atoms with Crippen LogP contribution < -0.4 is 0 Å². The zero-order chi connectivity index (χ0) is 15.0. The van der Waals surface area contributed by atoms with Crippen molar-refractivity contribution in [3.63, 3.8) is 0 Å². The van der Waals surface area contributed by atoms with Crippen LogP contribution in [0.2, 0.25) is 0 Å². The number of aromatic amines is 1. The molecule has 0 aliphatic heterocycles. The number of aromatic nitrogens is 2. The van der Waals surface area contributed by atoms with Gasteiger partial charge in [0.1, 0.15) is 5.82 Å². The van der Waals surface area contributed by atoms with Gasteiger partial charge in [-0.15, -0.1) is 0 Å². The number of hydrogen-bond donors (Lipinski definition) is 1. The van der Waals surface area contributed by atoms with Gasteiger partial charge in [-0.25, -0.2) is 13.4 Å². The van der Waals surface area contributed by atoms with Gasteiger partial charge in [-0.3, -0.25) is 0 Å². The van der Waals surface area contributed by atoms with Crippen molar-refractivity contribution in [2.24, 2.45) is 0 Å². The largest absolute Gasteiger partial charge is 0.380 e. The lowest BCUT2D eigenvalue weighted by atomic mass is 10.6. The summed E-state index contributed by atoms with van der Waals surface area (Å²) in [6, 6.07) is 0. The highest BCUT2D eigenvalue weighted by atomic mass is 32.2. The van der Waals surface area contributed by atoms with Crippen LogP contribution in [0.1, 0.15) is 19.7 Å². The lowest BCUT2D eigenvalue weighted by Crippen LogP contribution is -2.37. The summed E-state index contributed by atoms with van der Waals surface area (Å²) in [6.07, 6.45) is 1.33. The molecular formula is C12H23N3O4S. The normalized spacial score (nSPS) is 12.2. The second-order valence-corrected chi connectivity index (χ2v) is 6.04. The zero-order valence-electron chi connectivity index (χ0n) is 12.3. The van der Waals surface area contributed by atoms with E-state index in [1.807, 2.05) is 13.8 Å². The molecule has 1 rings (SSSR count). The Balaban J connectivity index is 2.78. The maximum Gasteiger partial charge on any atom is 0.260 e. The van der Waals surface area contributed by atoms with Gasteiger partial charge in [-0.2, -0.15) is 4.31 Å². The predicted octanol–water partition coefficient (Wildman–Crippen LogP) is 0.782.